The molecule has 2 aromatic rings. The number of guanidine groups is 1. The van der Waals surface area contributed by atoms with Crippen molar-refractivity contribution in [2.24, 2.45) is 4.99 Å². The number of aliphatic imine (C=N–C) groups is 1. The highest BCUT2D eigenvalue weighted by molar-refractivity contribution is 14.0. The fourth-order valence-corrected chi connectivity index (χ4v) is 2.55. The molecule has 2 N–H and O–H groups in total. The highest BCUT2D eigenvalue weighted by Gasteiger charge is 2.06. The quantitative estimate of drug-likeness (QED) is 0.192. The van der Waals surface area contributed by atoms with Crippen LogP contribution in [0.2, 0.25) is 0 Å². The molecule has 0 radical (unpaired) electrons. The summed E-state index contributed by atoms with van der Waals surface area (Å²) >= 11 is 0. The van der Waals surface area contributed by atoms with Crippen LogP contribution in [-0.2, 0) is 22.7 Å². The van der Waals surface area contributed by atoms with Gasteiger partial charge in [0.1, 0.15) is 11.5 Å². The minimum absolute atomic E-state index is 0. The Balaban J connectivity index is 0.00000512. The lowest BCUT2D eigenvalue weighted by molar-refractivity contribution is -0.127. The van der Waals surface area contributed by atoms with Crippen LogP contribution in [0.1, 0.15) is 11.1 Å². The molecule has 2 rings (SSSR count). The van der Waals surface area contributed by atoms with E-state index in [1.807, 2.05) is 48.5 Å². The normalized spacial score (nSPS) is 10.7. The third-order valence-electron chi connectivity index (χ3n) is 4.45. The van der Waals surface area contributed by atoms with Crippen LogP contribution in [-0.4, -0.2) is 64.8 Å². The number of ether oxygens (including phenoxy) is 3. The van der Waals surface area contributed by atoms with Gasteiger partial charge in [-0.25, -0.2) is 4.99 Å². The number of hydrogen-bond donors (Lipinski definition) is 2. The fraction of sp³-hybridized carbons (Fsp3) is 0.391. The molecule has 0 aromatic heterocycles. The summed E-state index contributed by atoms with van der Waals surface area (Å²) in [7, 11) is 6.72. The molecule has 0 heterocycles. The minimum atomic E-state index is -0.0327. The fourth-order valence-electron chi connectivity index (χ4n) is 2.55. The Morgan fingerprint density at radius 2 is 1.47 bits per heavy atom. The van der Waals surface area contributed by atoms with Crippen molar-refractivity contribution >= 4 is 35.8 Å². The summed E-state index contributed by atoms with van der Waals surface area (Å²) in [6, 6.07) is 15.5. The molecule has 0 bridgehead atoms. The lowest BCUT2D eigenvalue weighted by Gasteiger charge is -2.15. The average Bonchev–Trinajstić information content (AvgIpc) is 2.80. The van der Waals surface area contributed by atoms with Gasteiger partial charge >= 0.3 is 0 Å². The van der Waals surface area contributed by atoms with Gasteiger partial charge in [0.25, 0.3) is 0 Å². The van der Waals surface area contributed by atoms with Gasteiger partial charge < -0.3 is 29.7 Å². The van der Waals surface area contributed by atoms with Crippen molar-refractivity contribution in [2.75, 3.05) is 48.0 Å². The van der Waals surface area contributed by atoms with E-state index < -0.39 is 0 Å². The van der Waals surface area contributed by atoms with Crippen molar-refractivity contribution in [2.45, 2.75) is 13.2 Å². The SMILES string of the molecule is COc1ccc(CN=C(NCCOCc2ccc(OC)cc2)NCC(=O)N(C)C)cc1.I. The summed E-state index contributed by atoms with van der Waals surface area (Å²) in [5.41, 5.74) is 2.11. The molecule has 0 saturated heterocycles. The first-order valence-electron chi connectivity index (χ1n) is 10.1. The zero-order chi connectivity index (χ0) is 22.5. The van der Waals surface area contributed by atoms with Gasteiger partial charge in [-0.2, -0.15) is 0 Å². The molecule has 0 aliphatic rings. The third-order valence-corrected chi connectivity index (χ3v) is 4.45. The standard InChI is InChI=1S/C23H32N4O4.HI/c1-27(2)22(28)16-26-23(25-15-18-5-9-20(29-3)10-6-18)24-13-14-31-17-19-7-11-21(30-4)12-8-19;/h5-12H,13-17H2,1-4H3,(H2,24,25,26);1H. The second kappa shape index (κ2) is 15.3. The molecular weight excluding hydrogens is 523 g/mol. The van der Waals surface area contributed by atoms with Crippen LogP contribution in [0.3, 0.4) is 0 Å². The Morgan fingerprint density at radius 3 is 2.00 bits per heavy atom. The molecular formula is C23H33IN4O4. The Kier molecular flexibility index (Phi) is 13.2. The predicted octanol–water partition coefficient (Wildman–Crippen LogP) is 2.66. The van der Waals surface area contributed by atoms with E-state index in [1.54, 1.807) is 28.3 Å². The second-order valence-corrected chi connectivity index (χ2v) is 6.98. The summed E-state index contributed by atoms with van der Waals surface area (Å²) in [5.74, 6) is 2.14. The first-order chi connectivity index (χ1) is 15.0. The number of carbonyl (C=O) groups is 1. The maximum Gasteiger partial charge on any atom is 0.241 e. The molecule has 0 atom stereocenters. The largest absolute Gasteiger partial charge is 0.497 e. The van der Waals surface area contributed by atoms with Gasteiger partial charge in [-0.3, -0.25) is 4.79 Å². The first kappa shape index (κ1) is 27.5. The van der Waals surface area contributed by atoms with Crippen LogP contribution >= 0.6 is 24.0 Å². The van der Waals surface area contributed by atoms with E-state index in [2.05, 4.69) is 15.6 Å². The minimum Gasteiger partial charge on any atom is -0.497 e. The number of likely N-dealkylation sites (N-methyl/N-ethyl adjacent to an activating group) is 1. The number of nitrogens with one attached hydrogen (secondary N) is 2. The summed E-state index contributed by atoms with van der Waals surface area (Å²) in [5, 5.41) is 6.28. The molecule has 0 spiro atoms. The van der Waals surface area contributed by atoms with Crippen molar-refractivity contribution in [3.8, 4) is 11.5 Å². The van der Waals surface area contributed by atoms with E-state index in [4.69, 9.17) is 14.2 Å². The van der Waals surface area contributed by atoms with E-state index >= 15 is 0 Å². The van der Waals surface area contributed by atoms with Gasteiger partial charge in [0, 0.05) is 20.6 Å². The highest BCUT2D eigenvalue weighted by Crippen LogP contribution is 2.12. The Labute approximate surface area is 207 Å². The number of nitrogens with zero attached hydrogens (tertiary/aromatic N) is 2. The van der Waals surface area contributed by atoms with Crippen molar-refractivity contribution in [3.63, 3.8) is 0 Å². The van der Waals surface area contributed by atoms with Crippen LogP contribution in [0.5, 0.6) is 11.5 Å². The maximum absolute atomic E-state index is 11.9. The number of benzene rings is 2. The summed E-state index contributed by atoms with van der Waals surface area (Å²) in [6.07, 6.45) is 0. The lowest BCUT2D eigenvalue weighted by atomic mass is 10.2. The van der Waals surface area contributed by atoms with E-state index in [0.717, 1.165) is 22.6 Å². The molecule has 8 nitrogen and oxygen atoms in total. The summed E-state index contributed by atoms with van der Waals surface area (Å²) < 4.78 is 16.1. The van der Waals surface area contributed by atoms with Gasteiger partial charge in [0.2, 0.25) is 5.91 Å². The zero-order valence-electron chi connectivity index (χ0n) is 19.1. The van der Waals surface area contributed by atoms with Crippen molar-refractivity contribution in [1.29, 1.82) is 0 Å². The topological polar surface area (TPSA) is 84.4 Å². The number of halogens is 1. The predicted molar refractivity (Wildman–Crippen MR) is 137 cm³/mol. The van der Waals surface area contributed by atoms with Crippen molar-refractivity contribution < 1.29 is 19.0 Å². The van der Waals surface area contributed by atoms with Crippen molar-refractivity contribution in [1.82, 2.24) is 15.5 Å². The van der Waals surface area contributed by atoms with Crippen LogP contribution in [0.25, 0.3) is 0 Å². The van der Waals surface area contributed by atoms with Gasteiger partial charge in [-0.15, -0.1) is 24.0 Å². The average molecular weight is 556 g/mol. The molecule has 0 saturated carbocycles. The van der Waals surface area contributed by atoms with Gasteiger partial charge in [0.05, 0.1) is 40.5 Å². The molecule has 0 fully saturated rings. The first-order valence-corrected chi connectivity index (χ1v) is 10.1. The number of amides is 1. The zero-order valence-corrected chi connectivity index (χ0v) is 21.4. The lowest BCUT2D eigenvalue weighted by Crippen LogP contribution is -2.43. The molecule has 9 heteroatoms. The number of rotatable bonds is 11. The molecule has 0 aliphatic carbocycles. The molecule has 1 amide bonds. The maximum atomic E-state index is 11.9. The van der Waals surface area contributed by atoms with Crippen molar-refractivity contribution in [3.05, 3.63) is 59.7 Å². The Hall–Kier alpha value is -2.53. The van der Waals surface area contributed by atoms with Crippen LogP contribution in [0.15, 0.2) is 53.5 Å². The van der Waals surface area contributed by atoms with Crippen LogP contribution in [0.4, 0.5) is 0 Å². The monoisotopic (exact) mass is 556 g/mol. The smallest absolute Gasteiger partial charge is 0.241 e. The molecule has 0 aliphatic heterocycles. The van der Waals surface area contributed by atoms with Gasteiger partial charge in [-0.05, 0) is 35.4 Å². The highest BCUT2D eigenvalue weighted by atomic mass is 127. The Bertz CT molecular complexity index is 827. The van der Waals surface area contributed by atoms with Gasteiger partial charge in [-0.1, -0.05) is 24.3 Å². The Morgan fingerprint density at radius 1 is 0.906 bits per heavy atom. The third kappa shape index (κ3) is 10.2. The molecule has 2 aromatic carbocycles. The van der Waals surface area contributed by atoms with E-state index in [9.17, 15) is 4.79 Å². The summed E-state index contributed by atoms with van der Waals surface area (Å²) in [4.78, 5) is 18.0. The van der Waals surface area contributed by atoms with Crippen LogP contribution in [0, 0.1) is 0 Å². The summed E-state index contributed by atoms with van der Waals surface area (Å²) in [6.45, 7) is 2.20. The van der Waals surface area contributed by atoms with E-state index in [-0.39, 0.29) is 36.4 Å². The van der Waals surface area contributed by atoms with Gasteiger partial charge in [0.15, 0.2) is 5.96 Å². The molecule has 176 valence electrons. The number of carbonyl (C=O) groups excluding carboxylic acids is 1. The molecule has 0 unspecified atom stereocenters. The van der Waals surface area contributed by atoms with E-state index in [0.29, 0.717) is 32.3 Å². The van der Waals surface area contributed by atoms with Crippen LogP contribution < -0.4 is 20.1 Å². The van der Waals surface area contributed by atoms with E-state index in [1.165, 1.54) is 4.90 Å². The number of hydrogen-bond acceptors (Lipinski definition) is 5. The molecule has 32 heavy (non-hydrogen) atoms. The number of methoxy groups -OCH3 is 2. The second-order valence-electron chi connectivity index (χ2n) is 6.98.